The minimum absolute atomic E-state index is 0.0487. The lowest BCUT2D eigenvalue weighted by Gasteiger charge is -2.35. The number of hydrogen-bond acceptors (Lipinski definition) is 13. The molecule has 0 aliphatic carbocycles. The molecule has 0 saturated carbocycles. The maximum atomic E-state index is 14.9. The van der Waals surface area contributed by atoms with E-state index in [-0.39, 0.29) is 44.4 Å². The summed E-state index contributed by atoms with van der Waals surface area (Å²) in [5.74, 6) is -4.42. The molecule has 442 valence electrons. The third-order valence-electron chi connectivity index (χ3n) is 13.8. The number of nitrogens with two attached hydrogens (primary N) is 5. The van der Waals surface area contributed by atoms with Crippen molar-refractivity contribution in [3.63, 3.8) is 0 Å². The van der Waals surface area contributed by atoms with E-state index < -0.39 is 92.2 Å². The van der Waals surface area contributed by atoms with Crippen LogP contribution in [0, 0.1) is 0 Å². The Hall–Kier alpha value is -6.49. The molecule has 0 aliphatic heterocycles. The second-order valence-electron chi connectivity index (χ2n) is 20.1. The zero-order valence-electron chi connectivity index (χ0n) is 47.8. The van der Waals surface area contributed by atoms with Crippen molar-refractivity contribution in [2.45, 2.75) is 136 Å². The van der Waals surface area contributed by atoms with Gasteiger partial charge in [-0.1, -0.05) is 74.0 Å². The zero-order valence-corrected chi connectivity index (χ0v) is 47.8. The molecule has 0 fully saturated rings. The van der Waals surface area contributed by atoms with Crippen molar-refractivity contribution >= 4 is 53.2 Å². The summed E-state index contributed by atoms with van der Waals surface area (Å²) in [5, 5.41) is 5.52. The number of carbonyl (C=O) groups excluding carboxylic acids is 9. The Morgan fingerprint density at radius 1 is 0.468 bits per heavy atom. The first-order valence-electron chi connectivity index (χ1n) is 28.4. The van der Waals surface area contributed by atoms with E-state index in [1.807, 2.05) is 55.5 Å². The second-order valence-corrected chi connectivity index (χ2v) is 20.1. The Balaban J connectivity index is 2.48. The van der Waals surface area contributed by atoms with Gasteiger partial charge in [0.05, 0.1) is 38.3 Å². The van der Waals surface area contributed by atoms with Crippen molar-refractivity contribution < 1.29 is 43.2 Å². The number of benzene rings is 2. The van der Waals surface area contributed by atoms with Crippen LogP contribution in [0.25, 0.3) is 0 Å². The molecule has 2 aromatic rings. The first kappa shape index (κ1) is 68.6. The molecule has 0 radical (unpaired) electrons. The van der Waals surface area contributed by atoms with Crippen LogP contribution in [0.5, 0.6) is 0 Å². The minimum atomic E-state index is -1.03. The third kappa shape index (κ3) is 26.8. The van der Waals surface area contributed by atoms with Crippen LogP contribution in [0.1, 0.15) is 141 Å². The topological polar surface area (TPSA) is 327 Å². The van der Waals surface area contributed by atoms with Gasteiger partial charge in [0, 0.05) is 46.1 Å². The highest BCUT2D eigenvalue weighted by Gasteiger charge is 2.33. The summed E-state index contributed by atoms with van der Waals surface area (Å²) in [6.07, 6.45) is 7.52. The predicted octanol–water partition coefficient (Wildman–Crippen LogP) is 1.90. The number of primary amides is 1. The highest BCUT2D eigenvalue weighted by atomic mass is 16.2. The van der Waals surface area contributed by atoms with Gasteiger partial charge in [-0.3, -0.25) is 43.2 Å². The fourth-order valence-electron chi connectivity index (χ4n) is 8.81. The van der Waals surface area contributed by atoms with Crippen LogP contribution >= 0.6 is 0 Å². The number of hydrogen-bond donors (Lipinski definition) is 7. The van der Waals surface area contributed by atoms with Crippen LogP contribution in [-0.2, 0) is 43.2 Å². The molecular weight excluding hydrogens is 1010 g/mol. The molecule has 0 unspecified atom stereocenters. The zero-order chi connectivity index (χ0) is 58.5. The number of nitrogens with zero attached hydrogens (tertiary/aromatic N) is 6. The van der Waals surface area contributed by atoms with Crippen molar-refractivity contribution in [3.8, 4) is 0 Å². The highest BCUT2D eigenvalue weighted by molar-refractivity contribution is 5.93. The normalized spacial score (nSPS) is 12.1. The van der Waals surface area contributed by atoms with Gasteiger partial charge >= 0.3 is 0 Å². The van der Waals surface area contributed by atoms with Gasteiger partial charge in [0.2, 0.25) is 53.2 Å². The molecule has 0 aliphatic rings. The van der Waals surface area contributed by atoms with Gasteiger partial charge in [-0.2, -0.15) is 0 Å². The maximum Gasteiger partial charge on any atom is 0.243 e. The van der Waals surface area contributed by atoms with Crippen molar-refractivity contribution in [2.75, 3.05) is 98.2 Å². The summed E-state index contributed by atoms with van der Waals surface area (Å²) in [7, 11) is 0. The van der Waals surface area contributed by atoms with E-state index in [9.17, 15) is 43.2 Å². The van der Waals surface area contributed by atoms with E-state index in [4.69, 9.17) is 28.7 Å². The number of nitrogens with one attached hydrogen (secondary N) is 2. The fourth-order valence-corrected chi connectivity index (χ4v) is 8.81. The monoisotopic (exact) mass is 1110 g/mol. The van der Waals surface area contributed by atoms with Crippen molar-refractivity contribution in [1.29, 1.82) is 0 Å². The molecule has 2 aromatic carbocycles. The molecule has 12 N–H and O–H groups in total. The molecule has 0 aromatic heterocycles. The van der Waals surface area contributed by atoms with Gasteiger partial charge in [0.15, 0.2) is 0 Å². The van der Waals surface area contributed by atoms with Gasteiger partial charge in [0.1, 0.15) is 19.1 Å². The lowest BCUT2D eigenvalue weighted by Crippen LogP contribution is -2.53. The van der Waals surface area contributed by atoms with Crippen LogP contribution in [0.4, 0.5) is 0 Å². The van der Waals surface area contributed by atoms with Gasteiger partial charge in [-0.05, 0) is 128 Å². The summed E-state index contributed by atoms with van der Waals surface area (Å²) in [4.78, 5) is 132. The fraction of sp³-hybridized carbons (Fsp3) is 0.632. The van der Waals surface area contributed by atoms with E-state index in [0.29, 0.717) is 115 Å². The van der Waals surface area contributed by atoms with Crippen LogP contribution in [0.15, 0.2) is 60.7 Å². The van der Waals surface area contributed by atoms with E-state index in [1.165, 1.54) is 36.3 Å². The molecule has 0 heterocycles. The summed E-state index contributed by atoms with van der Waals surface area (Å²) < 4.78 is 0. The minimum Gasteiger partial charge on any atom is -0.368 e. The van der Waals surface area contributed by atoms with E-state index in [0.717, 1.165) is 18.4 Å². The van der Waals surface area contributed by atoms with Crippen molar-refractivity contribution in [2.24, 2.45) is 28.7 Å². The lowest BCUT2D eigenvalue weighted by molar-refractivity contribution is -0.149. The van der Waals surface area contributed by atoms with E-state index >= 15 is 0 Å². The number of amides is 9. The molecular formula is C57H95N13O9. The largest absolute Gasteiger partial charge is 0.368 e. The number of unbranched alkanes of at least 4 members (excludes halogenated alkanes) is 6. The van der Waals surface area contributed by atoms with Crippen LogP contribution in [0.3, 0.4) is 0 Å². The Kier molecular flexibility index (Phi) is 34.6. The average Bonchev–Trinajstić information content (AvgIpc) is 3.44. The van der Waals surface area contributed by atoms with E-state index in [1.54, 1.807) is 26.0 Å². The summed E-state index contributed by atoms with van der Waals surface area (Å²) in [6, 6.07) is 15.9. The Morgan fingerprint density at radius 3 is 1.27 bits per heavy atom. The third-order valence-corrected chi connectivity index (χ3v) is 13.8. The molecule has 3 atom stereocenters. The summed E-state index contributed by atoms with van der Waals surface area (Å²) in [5.41, 5.74) is 30.4. The summed E-state index contributed by atoms with van der Waals surface area (Å²) >= 11 is 0. The second kappa shape index (κ2) is 39.8. The van der Waals surface area contributed by atoms with E-state index in [2.05, 4.69) is 10.6 Å². The molecule has 9 amide bonds. The first-order valence-corrected chi connectivity index (χ1v) is 28.4. The molecule has 79 heavy (non-hydrogen) atoms. The smallest absolute Gasteiger partial charge is 0.243 e. The SMILES string of the molecule is CCCCC(=O)NCCCC[C@H](NC(=O)CN(CCCCN)C(=O)CN(C(=O)CN(CCCCN)C(=O)CN(CCCCN)C(=O)CN(C(=O)CN(CCCCN)C(C)=O)[C@@H](C)c1ccccc1)[C@@H](C)c1ccccc1)C(N)=O. The van der Waals surface area contributed by atoms with Gasteiger partial charge in [-0.25, -0.2) is 0 Å². The quantitative estimate of drug-likeness (QED) is 0.0468. The molecule has 2 rings (SSSR count). The lowest BCUT2D eigenvalue weighted by atomic mass is 10.1. The predicted molar refractivity (Wildman–Crippen MR) is 306 cm³/mol. The van der Waals surface area contributed by atoms with Crippen molar-refractivity contribution in [3.05, 3.63) is 71.8 Å². The number of carbonyl (C=O) groups is 9. The van der Waals surface area contributed by atoms with Crippen LogP contribution < -0.4 is 39.3 Å². The maximum absolute atomic E-state index is 14.9. The molecule has 0 saturated heterocycles. The Bertz CT molecular complexity index is 2160. The molecule has 0 spiro atoms. The van der Waals surface area contributed by atoms with Crippen LogP contribution in [0.2, 0.25) is 0 Å². The Labute approximate surface area is 469 Å². The number of rotatable bonds is 42. The van der Waals surface area contributed by atoms with Crippen molar-refractivity contribution in [1.82, 2.24) is 40.0 Å². The Morgan fingerprint density at radius 2 is 0.861 bits per heavy atom. The first-order chi connectivity index (χ1) is 37.9. The average molecular weight is 1110 g/mol. The molecule has 22 nitrogen and oxygen atoms in total. The molecule has 0 bridgehead atoms. The van der Waals surface area contributed by atoms with Gasteiger partial charge in [-0.15, -0.1) is 0 Å². The van der Waals surface area contributed by atoms with Gasteiger partial charge in [0.25, 0.3) is 0 Å². The summed E-state index contributed by atoms with van der Waals surface area (Å²) in [6.45, 7) is 6.84. The standard InChI is InChI=1S/C57H95N13O9/c1-5-6-28-50(72)63-33-18-13-27-49(57(62)79)64-51(73)38-66(35-20-15-30-59)53(75)42-70(45(3)48-25-11-8-12-26-48)56(78)41-68(37-22-17-32-61)52(74)39-67(36-21-16-31-60)54(76)43-69(44(2)47-23-9-7-10-24-47)55(77)40-65(46(4)71)34-19-14-29-58/h7-12,23-26,44-45,49H,5-6,13-22,27-43,58-61H2,1-4H3,(H2,62,79)(H,63,72)(H,64,73)/t44-,45-,49-/m0/s1. The van der Waals surface area contributed by atoms with Gasteiger partial charge < -0.3 is 68.7 Å². The highest BCUT2D eigenvalue weighted by Crippen LogP contribution is 2.23. The molecule has 22 heteroatoms. The van der Waals surface area contributed by atoms with Crippen LogP contribution in [-0.4, -0.2) is 187 Å².